The van der Waals surface area contributed by atoms with Crippen molar-refractivity contribution in [1.29, 1.82) is 0 Å². The predicted octanol–water partition coefficient (Wildman–Crippen LogP) is 5.63. The Morgan fingerprint density at radius 2 is 1.89 bits per heavy atom. The number of rotatable bonds is 7. The second kappa shape index (κ2) is 10.6. The molecule has 1 fully saturated rings. The molecule has 0 radical (unpaired) electrons. The highest BCUT2D eigenvalue weighted by Crippen LogP contribution is 2.32. The van der Waals surface area contributed by atoms with Crippen molar-refractivity contribution in [3.05, 3.63) is 70.2 Å². The number of nitrogens with zero attached hydrogens (tertiary/aromatic N) is 5. The smallest absolute Gasteiger partial charge is 0.273 e. The van der Waals surface area contributed by atoms with Crippen LogP contribution in [0.4, 0.5) is 0 Å². The van der Waals surface area contributed by atoms with Gasteiger partial charge in [-0.05, 0) is 50.5 Å². The van der Waals surface area contributed by atoms with Gasteiger partial charge in [0.05, 0.1) is 12.9 Å². The topological polar surface area (TPSA) is 73.1 Å². The Kier molecular flexibility index (Phi) is 7.15. The molecule has 0 N–H and O–H groups in total. The van der Waals surface area contributed by atoms with Gasteiger partial charge in [-0.3, -0.25) is 9.36 Å². The van der Waals surface area contributed by atoms with Crippen molar-refractivity contribution >= 4 is 29.0 Å². The maximum Gasteiger partial charge on any atom is 0.273 e. The number of likely N-dealkylation sites (tertiary alicyclic amines) is 1. The normalized spacial score (nSPS) is 13.7. The summed E-state index contributed by atoms with van der Waals surface area (Å²) in [6.45, 7) is 3.72. The molecule has 0 saturated carbocycles. The lowest BCUT2D eigenvalue weighted by Gasteiger charge is -2.25. The number of hydrogen-bond donors (Lipinski definition) is 0. The number of amides is 1. The molecule has 2 aromatic heterocycles. The molecule has 5 rings (SSSR count). The van der Waals surface area contributed by atoms with Crippen LogP contribution in [0.1, 0.15) is 40.3 Å². The molecule has 0 aliphatic carbocycles. The number of aryl methyl sites for hydroxylation is 1. The lowest BCUT2D eigenvalue weighted by atomic mass is 10.1. The third-order valence-corrected chi connectivity index (χ3v) is 7.96. The summed E-state index contributed by atoms with van der Waals surface area (Å²) in [5.41, 5.74) is 3.64. The molecule has 1 aliphatic rings. The summed E-state index contributed by atoms with van der Waals surface area (Å²) in [4.78, 5) is 19.3. The van der Waals surface area contributed by atoms with E-state index in [4.69, 9.17) is 4.74 Å². The maximum absolute atomic E-state index is 12.8. The highest BCUT2D eigenvalue weighted by molar-refractivity contribution is 7.98. The molecule has 1 amide bonds. The number of carbonyl (C=O) groups is 1. The van der Waals surface area contributed by atoms with Crippen LogP contribution in [0, 0.1) is 6.92 Å². The Bertz CT molecular complexity index is 1310. The number of methoxy groups -OCH3 is 1. The van der Waals surface area contributed by atoms with E-state index in [0.29, 0.717) is 11.4 Å². The monoisotopic (exact) mass is 505 g/mol. The van der Waals surface area contributed by atoms with Gasteiger partial charge >= 0.3 is 0 Å². The minimum absolute atomic E-state index is 0.0420. The van der Waals surface area contributed by atoms with Gasteiger partial charge in [0, 0.05) is 29.7 Å². The van der Waals surface area contributed by atoms with Crippen molar-refractivity contribution in [1.82, 2.24) is 24.6 Å². The van der Waals surface area contributed by atoms with Gasteiger partial charge in [0.25, 0.3) is 5.91 Å². The van der Waals surface area contributed by atoms with Crippen LogP contribution in [0.15, 0.2) is 59.1 Å². The number of carbonyl (C=O) groups excluding carboxylic acids is 1. The van der Waals surface area contributed by atoms with E-state index in [9.17, 15) is 4.79 Å². The third-order valence-electron chi connectivity index (χ3n) is 5.99. The molecule has 9 heteroatoms. The molecular weight excluding hydrogens is 478 g/mol. The van der Waals surface area contributed by atoms with Crippen LogP contribution in [0.3, 0.4) is 0 Å². The quantitative estimate of drug-likeness (QED) is 0.303. The maximum atomic E-state index is 12.8. The Morgan fingerprint density at radius 1 is 1.09 bits per heavy atom. The summed E-state index contributed by atoms with van der Waals surface area (Å²) in [7, 11) is 1.66. The van der Waals surface area contributed by atoms with Gasteiger partial charge < -0.3 is 9.64 Å². The fourth-order valence-corrected chi connectivity index (χ4v) is 5.84. The van der Waals surface area contributed by atoms with E-state index >= 15 is 0 Å². The van der Waals surface area contributed by atoms with Crippen molar-refractivity contribution < 1.29 is 9.53 Å². The lowest BCUT2D eigenvalue weighted by Crippen LogP contribution is -2.35. The lowest BCUT2D eigenvalue weighted by molar-refractivity contribution is 0.0719. The zero-order chi connectivity index (χ0) is 24.2. The molecule has 2 aromatic carbocycles. The number of ether oxygens (including phenoxy) is 1. The summed E-state index contributed by atoms with van der Waals surface area (Å²) < 4.78 is 7.48. The van der Waals surface area contributed by atoms with Crippen molar-refractivity contribution in [3.8, 4) is 22.8 Å². The van der Waals surface area contributed by atoms with Crippen LogP contribution < -0.4 is 4.74 Å². The molecule has 7 nitrogen and oxygen atoms in total. The summed E-state index contributed by atoms with van der Waals surface area (Å²) in [5, 5.41) is 12.6. The first-order valence-electron chi connectivity index (χ1n) is 11.7. The molecule has 4 aromatic rings. The zero-order valence-electron chi connectivity index (χ0n) is 19.8. The molecule has 35 heavy (non-hydrogen) atoms. The van der Waals surface area contributed by atoms with Crippen LogP contribution in [0.2, 0.25) is 0 Å². The molecule has 180 valence electrons. The van der Waals surface area contributed by atoms with Crippen LogP contribution in [-0.2, 0) is 5.75 Å². The molecule has 1 saturated heterocycles. The van der Waals surface area contributed by atoms with E-state index in [2.05, 4.69) is 50.9 Å². The number of thiazole rings is 1. The summed E-state index contributed by atoms with van der Waals surface area (Å²) >= 11 is 3.09. The highest BCUT2D eigenvalue weighted by atomic mass is 32.2. The molecule has 1 aliphatic heterocycles. The Hall–Kier alpha value is -3.17. The van der Waals surface area contributed by atoms with Crippen LogP contribution >= 0.6 is 23.1 Å². The fraction of sp³-hybridized carbons (Fsp3) is 0.308. The average Bonchev–Trinajstić information content (AvgIpc) is 3.55. The third kappa shape index (κ3) is 5.26. The standard InChI is InChI=1S/C26H27N5O2S2/c1-18-9-11-20(12-10-18)31-24(19-7-6-8-21(15-19)33-2)28-29-26(31)35-17-23-27-22(16-34-23)25(32)30-13-4-3-5-14-30/h6-12,15-16H,3-5,13-14,17H2,1-2H3. The van der Waals surface area contributed by atoms with Crippen molar-refractivity contribution in [3.63, 3.8) is 0 Å². The van der Waals surface area contributed by atoms with Gasteiger partial charge in [-0.1, -0.05) is 41.6 Å². The Morgan fingerprint density at radius 3 is 2.66 bits per heavy atom. The number of aromatic nitrogens is 4. The summed E-state index contributed by atoms with van der Waals surface area (Å²) in [6.07, 6.45) is 3.34. The Balaban J connectivity index is 1.40. The van der Waals surface area contributed by atoms with Crippen LogP contribution in [-0.4, -0.2) is 50.8 Å². The molecule has 0 bridgehead atoms. The van der Waals surface area contributed by atoms with Gasteiger partial charge in [-0.2, -0.15) is 0 Å². The van der Waals surface area contributed by atoms with Gasteiger partial charge in [0.2, 0.25) is 0 Å². The number of piperidine rings is 1. The largest absolute Gasteiger partial charge is 0.497 e. The first-order valence-corrected chi connectivity index (χ1v) is 13.5. The number of thioether (sulfide) groups is 1. The summed E-state index contributed by atoms with van der Waals surface area (Å²) in [6, 6.07) is 16.1. The van der Waals surface area contributed by atoms with Crippen molar-refractivity contribution in [2.75, 3.05) is 20.2 Å². The highest BCUT2D eigenvalue weighted by Gasteiger charge is 2.21. The van der Waals surface area contributed by atoms with E-state index in [1.165, 1.54) is 23.3 Å². The minimum Gasteiger partial charge on any atom is -0.497 e. The first kappa shape index (κ1) is 23.6. The summed E-state index contributed by atoms with van der Waals surface area (Å²) in [5.74, 6) is 2.17. The van der Waals surface area contributed by atoms with E-state index in [0.717, 1.165) is 58.9 Å². The van der Waals surface area contributed by atoms with Gasteiger partial charge in [-0.25, -0.2) is 4.98 Å². The zero-order valence-corrected chi connectivity index (χ0v) is 21.4. The Labute approximate surface area is 213 Å². The van der Waals surface area contributed by atoms with E-state index < -0.39 is 0 Å². The van der Waals surface area contributed by atoms with E-state index in [1.807, 2.05) is 34.5 Å². The minimum atomic E-state index is 0.0420. The molecule has 0 atom stereocenters. The molecule has 3 heterocycles. The van der Waals surface area contributed by atoms with Gasteiger partial charge in [0.15, 0.2) is 11.0 Å². The average molecular weight is 506 g/mol. The fourth-order valence-electron chi connectivity index (χ4n) is 4.10. The predicted molar refractivity (Wildman–Crippen MR) is 140 cm³/mol. The van der Waals surface area contributed by atoms with Crippen LogP contribution in [0.5, 0.6) is 5.75 Å². The second-order valence-corrected chi connectivity index (χ2v) is 10.4. The number of hydrogen-bond acceptors (Lipinski definition) is 7. The van der Waals surface area contributed by atoms with Gasteiger partial charge in [-0.15, -0.1) is 21.5 Å². The molecular formula is C26H27N5O2S2. The van der Waals surface area contributed by atoms with Gasteiger partial charge in [0.1, 0.15) is 16.5 Å². The first-order chi connectivity index (χ1) is 17.1. The van der Waals surface area contributed by atoms with Crippen LogP contribution in [0.25, 0.3) is 17.1 Å². The SMILES string of the molecule is COc1cccc(-c2nnc(SCc3nc(C(=O)N4CCCCC4)cs3)n2-c2ccc(C)cc2)c1. The second-order valence-electron chi connectivity index (χ2n) is 8.48. The molecule has 0 unspecified atom stereocenters. The number of benzene rings is 2. The van der Waals surface area contributed by atoms with Crippen molar-refractivity contribution in [2.24, 2.45) is 0 Å². The van der Waals surface area contributed by atoms with E-state index in [1.54, 1.807) is 18.9 Å². The van der Waals surface area contributed by atoms with E-state index in [-0.39, 0.29) is 5.91 Å². The molecule has 0 spiro atoms. The van der Waals surface area contributed by atoms with Crippen molar-refractivity contribution in [2.45, 2.75) is 37.1 Å².